The normalized spacial score (nSPS) is 11.4. The number of alkyl halides is 1. The molecule has 1 heterocycles. The monoisotopic (exact) mass is 329 g/mol. The van der Waals surface area contributed by atoms with E-state index in [0.717, 1.165) is 17.6 Å². The quantitative estimate of drug-likeness (QED) is 0.412. The minimum atomic E-state index is 1.01. The molecular formula is C16H28BrNO. The summed E-state index contributed by atoms with van der Waals surface area (Å²) in [4.78, 5) is 2.39. The van der Waals surface area contributed by atoms with Crippen LogP contribution >= 0.6 is 15.9 Å². The van der Waals surface area contributed by atoms with Crippen molar-refractivity contribution in [3.63, 3.8) is 0 Å². The van der Waals surface area contributed by atoms with E-state index in [4.69, 9.17) is 4.42 Å². The first-order valence-electron chi connectivity index (χ1n) is 7.51. The van der Waals surface area contributed by atoms with Crippen LogP contribution in [-0.4, -0.2) is 23.8 Å². The zero-order chi connectivity index (χ0) is 13.9. The van der Waals surface area contributed by atoms with Crippen molar-refractivity contribution >= 4 is 15.9 Å². The number of furan rings is 1. The van der Waals surface area contributed by atoms with Crippen LogP contribution in [0.3, 0.4) is 0 Å². The maximum atomic E-state index is 5.33. The molecule has 1 aromatic rings. The van der Waals surface area contributed by atoms with Crippen molar-refractivity contribution in [1.29, 1.82) is 0 Å². The summed E-state index contributed by atoms with van der Waals surface area (Å²) in [6.45, 7) is 4.23. The maximum absolute atomic E-state index is 5.33. The molecule has 0 radical (unpaired) electrons. The molecule has 1 aromatic heterocycles. The highest BCUT2D eigenvalue weighted by molar-refractivity contribution is 9.09. The van der Waals surface area contributed by atoms with Gasteiger partial charge in [0, 0.05) is 17.4 Å². The van der Waals surface area contributed by atoms with Gasteiger partial charge in [-0.1, -0.05) is 48.0 Å². The summed E-state index contributed by atoms with van der Waals surface area (Å²) in [6.07, 6.45) is 11.4. The molecule has 0 N–H and O–H groups in total. The van der Waals surface area contributed by atoms with E-state index in [-0.39, 0.29) is 0 Å². The van der Waals surface area contributed by atoms with E-state index in [1.165, 1.54) is 57.1 Å². The molecule has 3 heteroatoms. The van der Waals surface area contributed by atoms with Gasteiger partial charge < -0.3 is 9.32 Å². The Labute approximate surface area is 126 Å². The van der Waals surface area contributed by atoms with Gasteiger partial charge in [0.15, 0.2) is 0 Å². The van der Waals surface area contributed by atoms with E-state index in [2.05, 4.69) is 33.9 Å². The lowest BCUT2D eigenvalue weighted by molar-refractivity contribution is 0.314. The fraction of sp³-hybridized carbons (Fsp3) is 0.750. The van der Waals surface area contributed by atoms with Crippen molar-refractivity contribution < 1.29 is 4.42 Å². The van der Waals surface area contributed by atoms with Crippen LogP contribution in [0.15, 0.2) is 16.7 Å². The first kappa shape index (κ1) is 16.8. The smallest absolute Gasteiger partial charge is 0.105 e. The van der Waals surface area contributed by atoms with Gasteiger partial charge >= 0.3 is 0 Å². The van der Waals surface area contributed by atoms with Gasteiger partial charge in [0.2, 0.25) is 0 Å². The Kier molecular flexibility index (Phi) is 9.27. The van der Waals surface area contributed by atoms with Crippen LogP contribution in [0.2, 0.25) is 0 Å². The lowest BCUT2D eigenvalue weighted by Gasteiger charge is -2.15. The Balaban J connectivity index is 1.96. The zero-order valence-corrected chi connectivity index (χ0v) is 14.0. The van der Waals surface area contributed by atoms with E-state index >= 15 is 0 Å². The lowest BCUT2D eigenvalue weighted by atomic mass is 10.1. The fourth-order valence-electron chi connectivity index (χ4n) is 2.31. The second kappa shape index (κ2) is 10.5. The van der Waals surface area contributed by atoms with Gasteiger partial charge in [0.1, 0.15) is 5.76 Å². The highest BCUT2D eigenvalue weighted by atomic mass is 79.9. The average molecular weight is 330 g/mol. The van der Waals surface area contributed by atoms with Crippen LogP contribution in [-0.2, 0) is 6.54 Å². The molecule has 0 saturated carbocycles. The molecule has 0 bridgehead atoms. The third-order valence-electron chi connectivity index (χ3n) is 3.58. The van der Waals surface area contributed by atoms with Crippen LogP contribution in [0.25, 0.3) is 0 Å². The largest absolute Gasteiger partial charge is 0.469 e. The Morgan fingerprint density at radius 2 is 1.68 bits per heavy atom. The van der Waals surface area contributed by atoms with E-state index in [1.807, 2.05) is 6.92 Å². The third kappa shape index (κ3) is 7.78. The summed E-state index contributed by atoms with van der Waals surface area (Å²) >= 11 is 3.48. The van der Waals surface area contributed by atoms with Gasteiger partial charge in [-0.2, -0.15) is 0 Å². The molecule has 0 fully saturated rings. The number of nitrogens with zero attached hydrogens (tertiary/aromatic N) is 1. The van der Waals surface area contributed by atoms with Gasteiger partial charge in [-0.25, -0.2) is 0 Å². The second-order valence-electron chi connectivity index (χ2n) is 5.40. The summed E-state index contributed by atoms with van der Waals surface area (Å²) in [6, 6.07) is 2.08. The van der Waals surface area contributed by atoms with Gasteiger partial charge in [-0.15, -0.1) is 0 Å². The molecule has 0 aliphatic heterocycles. The van der Waals surface area contributed by atoms with E-state index < -0.39 is 0 Å². The first-order valence-corrected chi connectivity index (χ1v) is 8.63. The minimum Gasteiger partial charge on any atom is -0.469 e. The molecule has 110 valence electrons. The van der Waals surface area contributed by atoms with E-state index in [1.54, 1.807) is 6.26 Å². The average Bonchev–Trinajstić information content (AvgIpc) is 2.78. The summed E-state index contributed by atoms with van der Waals surface area (Å²) in [5.74, 6) is 1.05. The van der Waals surface area contributed by atoms with Crippen molar-refractivity contribution in [2.45, 2.75) is 58.4 Å². The molecule has 0 aromatic carbocycles. The van der Waals surface area contributed by atoms with Gasteiger partial charge in [-0.05, 0) is 39.4 Å². The number of hydrogen-bond donors (Lipinski definition) is 0. The highest BCUT2D eigenvalue weighted by Crippen LogP contribution is 2.12. The molecule has 0 saturated heterocycles. The van der Waals surface area contributed by atoms with Crippen molar-refractivity contribution in [2.75, 3.05) is 18.9 Å². The molecule has 19 heavy (non-hydrogen) atoms. The number of rotatable bonds is 11. The van der Waals surface area contributed by atoms with Crippen LogP contribution in [0.4, 0.5) is 0 Å². The number of halogens is 1. The van der Waals surface area contributed by atoms with Crippen LogP contribution in [0, 0.1) is 6.92 Å². The Bertz CT molecular complexity index is 324. The number of aryl methyl sites for hydroxylation is 1. The molecular weight excluding hydrogens is 302 g/mol. The lowest BCUT2D eigenvalue weighted by Crippen LogP contribution is -2.19. The molecule has 0 atom stereocenters. The highest BCUT2D eigenvalue weighted by Gasteiger charge is 2.04. The summed E-state index contributed by atoms with van der Waals surface area (Å²) < 4.78 is 5.33. The van der Waals surface area contributed by atoms with Crippen molar-refractivity contribution in [3.8, 4) is 0 Å². The van der Waals surface area contributed by atoms with Gasteiger partial charge in [0.25, 0.3) is 0 Å². The molecule has 2 nitrogen and oxygen atoms in total. The Morgan fingerprint density at radius 1 is 1.05 bits per heavy atom. The predicted octanol–water partition coefficient (Wildman–Crippen LogP) is 5.15. The van der Waals surface area contributed by atoms with Crippen molar-refractivity contribution in [3.05, 3.63) is 23.7 Å². The summed E-state index contributed by atoms with van der Waals surface area (Å²) in [7, 11) is 2.20. The van der Waals surface area contributed by atoms with Gasteiger partial charge in [0.05, 0.1) is 6.26 Å². The van der Waals surface area contributed by atoms with E-state index in [9.17, 15) is 0 Å². The Morgan fingerprint density at radius 3 is 2.26 bits per heavy atom. The number of hydrogen-bond acceptors (Lipinski definition) is 2. The zero-order valence-electron chi connectivity index (χ0n) is 12.5. The van der Waals surface area contributed by atoms with Crippen LogP contribution in [0.5, 0.6) is 0 Å². The van der Waals surface area contributed by atoms with Gasteiger partial charge in [-0.3, -0.25) is 0 Å². The maximum Gasteiger partial charge on any atom is 0.105 e. The topological polar surface area (TPSA) is 16.4 Å². The second-order valence-corrected chi connectivity index (χ2v) is 6.20. The van der Waals surface area contributed by atoms with E-state index in [0.29, 0.717) is 0 Å². The van der Waals surface area contributed by atoms with Crippen molar-refractivity contribution in [2.24, 2.45) is 0 Å². The first-order chi connectivity index (χ1) is 9.24. The molecule has 0 unspecified atom stereocenters. The number of unbranched alkanes of at least 4 members (excludes halogenated alkanes) is 6. The fourth-order valence-corrected chi connectivity index (χ4v) is 2.70. The summed E-state index contributed by atoms with van der Waals surface area (Å²) in [5.41, 5.74) is 1.32. The molecule has 1 rings (SSSR count). The predicted molar refractivity (Wildman–Crippen MR) is 85.9 cm³/mol. The molecule has 0 aliphatic carbocycles. The van der Waals surface area contributed by atoms with Crippen LogP contribution in [0.1, 0.15) is 56.3 Å². The third-order valence-corrected chi connectivity index (χ3v) is 4.14. The minimum absolute atomic E-state index is 1.01. The van der Waals surface area contributed by atoms with Crippen LogP contribution < -0.4 is 0 Å². The van der Waals surface area contributed by atoms with Crippen molar-refractivity contribution in [1.82, 2.24) is 4.90 Å². The molecule has 0 aliphatic rings. The molecule has 0 amide bonds. The molecule has 0 spiro atoms. The summed E-state index contributed by atoms with van der Waals surface area (Å²) in [5, 5.41) is 1.16. The Hall–Kier alpha value is -0.280. The standard InChI is InChI=1S/C16H28BrNO/c1-15-16(10-13-19-15)14-18(2)12-9-7-5-3-4-6-8-11-17/h10,13H,3-9,11-12,14H2,1-2H3. The SMILES string of the molecule is Cc1occc1CN(C)CCCCCCCCCBr.